The highest BCUT2D eigenvalue weighted by atomic mass is 16.6. The average Bonchev–Trinajstić information content (AvgIpc) is 2.46. The van der Waals surface area contributed by atoms with Crippen molar-refractivity contribution >= 4 is 12.1 Å². The number of benzene rings is 1. The Labute approximate surface area is 130 Å². The Balaban J connectivity index is 2.04. The predicted octanol–water partition coefficient (Wildman–Crippen LogP) is 3.50. The van der Waals surface area contributed by atoms with Crippen molar-refractivity contribution in [3.8, 4) is 0 Å². The molecule has 1 N–H and O–H groups in total. The van der Waals surface area contributed by atoms with Gasteiger partial charge in [0.05, 0.1) is 5.56 Å². The van der Waals surface area contributed by atoms with Gasteiger partial charge in [0.2, 0.25) is 0 Å². The molecule has 0 spiro atoms. The fourth-order valence-corrected chi connectivity index (χ4v) is 2.64. The van der Waals surface area contributed by atoms with Gasteiger partial charge in [0.25, 0.3) is 0 Å². The normalized spacial score (nSPS) is 18.9. The molecule has 0 bridgehead atoms. The van der Waals surface area contributed by atoms with E-state index in [9.17, 15) is 9.59 Å². The number of aromatic carboxylic acids is 1. The van der Waals surface area contributed by atoms with Gasteiger partial charge in [-0.25, -0.2) is 9.59 Å². The third-order valence-corrected chi connectivity index (χ3v) is 3.70. The molecule has 1 aromatic carbocycles. The van der Waals surface area contributed by atoms with Crippen molar-refractivity contribution in [1.29, 1.82) is 0 Å². The molecule has 1 saturated heterocycles. The Hall–Kier alpha value is -2.04. The Bertz CT molecular complexity index is 545. The number of rotatable bonds is 2. The third kappa shape index (κ3) is 4.23. The monoisotopic (exact) mass is 305 g/mol. The van der Waals surface area contributed by atoms with Crippen LogP contribution < -0.4 is 0 Å². The first-order valence-electron chi connectivity index (χ1n) is 7.57. The molecule has 1 aromatic rings. The van der Waals surface area contributed by atoms with Crippen molar-refractivity contribution in [3.05, 3.63) is 35.4 Å². The van der Waals surface area contributed by atoms with E-state index in [0.29, 0.717) is 13.1 Å². The van der Waals surface area contributed by atoms with E-state index < -0.39 is 11.6 Å². The molecule has 120 valence electrons. The van der Waals surface area contributed by atoms with Crippen molar-refractivity contribution < 1.29 is 19.4 Å². The molecule has 1 amide bonds. The largest absolute Gasteiger partial charge is 0.478 e. The molecule has 5 nitrogen and oxygen atoms in total. The molecule has 0 aromatic heterocycles. The fraction of sp³-hybridized carbons (Fsp3) is 0.529. The summed E-state index contributed by atoms with van der Waals surface area (Å²) in [6, 6.07) is 6.91. The quantitative estimate of drug-likeness (QED) is 0.908. The lowest BCUT2D eigenvalue weighted by Crippen LogP contribution is -2.42. The molecule has 0 unspecified atom stereocenters. The Morgan fingerprint density at radius 2 is 1.86 bits per heavy atom. The fourth-order valence-electron chi connectivity index (χ4n) is 2.64. The number of ether oxygens (including phenoxy) is 1. The van der Waals surface area contributed by atoms with Crippen molar-refractivity contribution in [2.45, 2.75) is 45.1 Å². The summed E-state index contributed by atoms with van der Waals surface area (Å²) in [5.41, 5.74) is 0.856. The van der Waals surface area contributed by atoms with Gasteiger partial charge >= 0.3 is 12.1 Å². The molecule has 1 fully saturated rings. The lowest BCUT2D eigenvalue weighted by atomic mass is 9.90. The van der Waals surface area contributed by atoms with Crippen molar-refractivity contribution in [1.82, 2.24) is 4.90 Å². The van der Waals surface area contributed by atoms with E-state index in [1.807, 2.05) is 32.9 Å². The van der Waals surface area contributed by atoms with Gasteiger partial charge in [-0.1, -0.05) is 12.1 Å². The Morgan fingerprint density at radius 3 is 2.41 bits per heavy atom. The van der Waals surface area contributed by atoms with E-state index in [1.165, 1.54) is 0 Å². The van der Waals surface area contributed by atoms with Gasteiger partial charge in [-0.3, -0.25) is 0 Å². The maximum Gasteiger partial charge on any atom is 0.410 e. The van der Waals surface area contributed by atoms with Crippen LogP contribution in [0.15, 0.2) is 24.3 Å². The lowest BCUT2D eigenvalue weighted by molar-refractivity contribution is 0.0198. The second-order valence-corrected chi connectivity index (χ2v) is 6.69. The summed E-state index contributed by atoms with van der Waals surface area (Å²) in [6.45, 7) is 6.89. The van der Waals surface area contributed by atoms with Crippen LogP contribution in [0.25, 0.3) is 0 Å². The summed E-state index contributed by atoms with van der Waals surface area (Å²) in [6.07, 6.45) is 1.63. The van der Waals surface area contributed by atoms with Crippen LogP contribution in [0, 0.1) is 0 Å². The summed E-state index contributed by atoms with van der Waals surface area (Å²) in [5, 5.41) is 8.94. The van der Waals surface area contributed by atoms with Gasteiger partial charge in [0.1, 0.15) is 5.60 Å². The first-order chi connectivity index (χ1) is 10.3. The highest BCUT2D eigenvalue weighted by Gasteiger charge is 2.28. The summed E-state index contributed by atoms with van der Waals surface area (Å²) >= 11 is 0. The van der Waals surface area contributed by atoms with E-state index in [0.717, 1.165) is 18.4 Å². The summed E-state index contributed by atoms with van der Waals surface area (Å²) in [4.78, 5) is 24.8. The van der Waals surface area contributed by atoms with Crippen LogP contribution in [0.2, 0.25) is 0 Å². The van der Waals surface area contributed by atoms with Crippen molar-refractivity contribution in [2.75, 3.05) is 13.1 Å². The first-order valence-corrected chi connectivity index (χ1v) is 7.57. The van der Waals surface area contributed by atoms with Crippen LogP contribution in [-0.4, -0.2) is 40.8 Å². The van der Waals surface area contributed by atoms with Gasteiger partial charge in [-0.2, -0.15) is 0 Å². The van der Waals surface area contributed by atoms with Crippen molar-refractivity contribution in [3.63, 3.8) is 0 Å². The van der Waals surface area contributed by atoms with Crippen LogP contribution in [0.3, 0.4) is 0 Å². The zero-order valence-electron chi connectivity index (χ0n) is 13.3. The SMILES string of the molecule is CC(C)(C)OC(=O)N1CCC[C@@H](c2ccc(C(=O)O)cc2)C1. The number of carbonyl (C=O) groups excluding carboxylic acids is 1. The second-order valence-electron chi connectivity index (χ2n) is 6.69. The van der Waals surface area contributed by atoms with Gasteiger partial charge in [0.15, 0.2) is 0 Å². The van der Waals surface area contributed by atoms with Crippen LogP contribution in [0.5, 0.6) is 0 Å². The number of piperidine rings is 1. The van der Waals surface area contributed by atoms with Gasteiger partial charge in [-0.15, -0.1) is 0 Å². The number of amides is 1. The average molecular weight is 305 g/mol. The molecule has 1 aliphatic heterocycles. The van der Waals surface area contributed by atoms with Gasteiger partial charge in [0, 0.05) is 19.0 Å². The summed E-state index contributed by atoms with van der Waals surface area (Å²) in [7, 11) is 0. The molecule has 0 aliphatic carbocycles. The van der Waals surface area contributed by atoms with Crippen molar-refractivity contribution in [2.24, 2.45) is 0 Å². The van der Waals surface area contributed by atoms with E-state index in [2.05, 4.69) is 0 Å². The topological polar surface area (TPSA) is 66.8 Å². The number of hydrogen-bond donors (Lipinski definition) is 1. The highest BCUT2D eigenvalue weighted by Crippen LogP contribution is 2.28. The zero-order valence-corrected chi connectivity index (χ0v) is 13.3. The van der Waals surface area contributed by atoms with E-state index >= 15 is 0 Å². The number of nitrogens with zero attached hydrogens (tertiary/aromatic N) is 1. The minimum atomic E-state index is -0.925. The smallest absolute Gasteiger partial charge is 0.410 e. The predicted molar refractivity (Wildman–Crippen MR) is 83.2 cm³/mol. The molecule has 1 heterocycles. The minimum absolute atomic E-state index is 0.226. The van der Waals surface area contributed by atoms with Crippen LogP contribution in [-0.2, 0) is 4.74 Å². The number of hydrogen-bond acceptors (Lipinski definition) is 3. The molecular formula is C17H23NO4. The van der Waals surface area contributed by atoms with Crippen LogP contribution >= 0.6 is 0 Å². The molecule has 22 heavy (non-hydrogen) atoms. The number of likely N-dealkylation sites (tertiary alicyclic amines) is 1. The minimum Gasteiger partial charge on any atom is -0.478 e. The number of carboxylic acid groups (broad SMARTS) is 1. The molecule has 2 rings (SSSR count). The second kappa shape index (κ2) is 6.38. The maximum absolute atomic E-state index is 12.2. The van der Waals surface area contributed by atoms with Crippen LogP contribution in [0.1, 0.15) is 55.5 Å². The summed E-state index contributed by atoms with van der Waals surface area (Å²) in [5.74, 6) is -0.699. The molecule has 0 radical (unpaired) electrons. The highest BCUT2D eigenvalue weighted by molar-refractivity contribution is 5.87. The Morgan fingerprint density at radius 1 is 1.23 bits per heavy atom. The number of carbonyl (C=O) groups is 2. The third-order valence-electron chi connectivity index (χ3n) is 3.70. The lowest BCUT2D eigenvalue weighted by Gasteiger charge is -2.34. The van der Waals surface area contributed by atoms with E-state index in [-0.39, 0.29) is 17.6 Å². The van der Waals surface area contributed by atoms with Gasteiger partial charge < -0.3 is 14.7 Å². The molecular weight excluding hydrogens is 282 g/mol. The maximum atomic E-state index is 12.2. The molecule has 0 saturated carbocycles. The standard InChI is InChI=1S/C17H23NO4/c1-17(2,3)22-16(21)18-10-4-5-14(11-18)12-6-8-13(9-7-12)15(19)20/h6-9,14H,4-5,10-11H2,1-3H3,(H,19,20)/t14-/m1/s1. The Kier molecular flexibility index (Phi) is 4.74. The zero-order chi connectivity index (χ0) is 16.3. The van der Waals surface area contributed by atoms with Crippen LogP contribution in [0.4, 0.5) is 4.79 Å². The summed E-state index contributed by atoms with van der Waals surface area (Å²) < 4.78 is 5.42. The van der Waals surface area contributed by atoms with E-state index in [4.69, 9.17) is 9.84 Å². The van der Waals surface area contributed by atoms with Gasteiger partial charge in [-0.05, 0) is 51.3 Å². The molecule has 5 heteroatoms. The first kappa shape index (κ1) is 16.3. The number of carboxylic acids is 1. The molecule has 1 atom stereocenters. The molecule has 1 aliphatic rings. The van der Waals surface area contributed by atoms with E-state index in [1.54, 1.807) is 17.0 Å².